The molecule has 40 heavy (non-hydrogen) atoms. The largest absolute Gasteiger partial charge is 0.507 e. The predicted octanol–water partition coefficient (Wildman–Crippen LogP) is 6.65. The molecule has 0 saturated carbocycles. The molecule has 0 radical (unpaired) electrons. The molecule has 1 saturated heterocycles. The molecular weight excluding hydrogens is 524 g/mol. The van der Waals surface area contributed by atoms with Crippen LogP contribution in [0.1, 0.15) is 54.1 Å². The summed E-state index contributed by atoms with van der Waals surface area (Å²) in [6.07, 6.45) is 1.62. The van der Waals surface area contributed by atoms with Gasteiger partial charge in [0.25, 0.3) is 5.78 Å². The Labute approximate surface area is 236 Å². The molecule has 2 aliphatic heterocycles. The van der Waals surface area contributed by atoms with Crippen molar-refractivity contribution in [3.8, 4) is 11.5 Å². The zero-order chi connectivity index (χ0) is 28.1. The molecule has 7 nitrogen and oxygen atoms in total. The lowest BCUT2D eigenvalue weighted by atomic mass is 9.94. The number of benzene rings is 3. The summed E-state index contributed by atoms with van der Waals surface area (Å²) in [4.78, 5) is 33.5. The molecule has 204 valence electrons. The van der Waals surface area contributed by atoms with Crippen molar-refractivity contribution >= 4 is 44.1 Å². The third kappa shape index (κ3) is 4.42. The van der Waals surface area contributed by atoms with Crippen LogP contribution in [0.5, 0.6) is 11.5 Å². The van der Waals surface area contributed by atoms with E-state index < -0.39 is 17.7 Å². The summed E-state index contributed by atoms with van der Waals surface area (Å²) in [7, 11) is 0. The van der Waals surface area contributed by atoms with E-state index in [-0.39, 0.29) is 17.4 Å². The normalized spacial score (nSPS) is 19.8. The van der Waals surface area contributed by atoms with Crippen LogP contribution in [0.3, 0.4) is 0 Å². The number of hydrogen-bond donors (Lipinski definition) is 1. The minimum atomic E-state index is -0.856. The van der Waals surface area contributed by atoms with Crippen LogP contribution in [0.15, 0.2) is 60.2 Å². The van der Waals surface area contributed by atoms with Gasteiger partial charge in [-0.2, -0.15) is 0 Å². The molecule has 1 aromatic heterocycles. The Hall–Kier alpha value is -4.17. The second kappa shape index (κ2) is 10.1. The topological polar surface area (TPSA) is 89.0 Å². The van der Waals surface area contributed by atoms with Crippen LogP contribution in [0.2, 0.25) is 0 Å². The fraction of sp³-hybridized carbons (Fsp3) is 0.281. The molecular formula is C32H30N2O5S. The Kier molecular flexibility index (Phi) is 6.58. The molecule has 0 unspecified atom stereocenters. The van der Waals surface area contributed by atoms with Crippen molar-refractivity contribution in [3.63, 3.8) is 0 Å². The molecule has 2 atom stereocenters. The summed E-state index contributed by atoms with van der Waals surface area (Å²) in [5.74, 6) is -0.214. The molecule has 0 bridgehead atoms. The van der Waals surface area contributed by atoms with Crippen LogP contribution in [0, 0.1) is 13.8 Å². The van der Waals surface area contributed by atoms with E-state index >= 15 is 0 Å². The van der Waals surface area contributed by atoms with Crippen LogP contribution in [0.4, 0.5) is 5.13 Å². The Bertz CT molecular complexity index is 1690. The Balaban J connectivity index is 1.51. The number of Topliss-reactive ketones (excluding diaryl/α,β-unsaturated/α-hetero) is 1. The number of rotatable bonds is 6. The predicted molar refractivity (Wildman–Crippen MR) is 156 cm³/mol. The van der Waals surface area contributed by atoms with E-state index in [1.54, 1.807) is 12.1 Å². The first-order valence-corrected chi connectivity index (χ1v) is 14.3. The average Bonchev–Trinajstić information content (AvgIpc) is 3.60. The summed E-state index contributed by atoms with van der Waals surface area (Å²) < 4.78 is 12.5. The van der Waals surface area contributed by atoms with Crippen LogP contribution in [-0.4, -0.2) is 34.5 Å². The minimum absolute atomic E-state index is 0.0336. The molecule has 1 fully saturated rings. The number of hydrogen-bond acceptors (Lipinski definition) is 7. The molecule has 1 N–H and O–H groups in total. The number of carbonyl (C=O) groups excluding carboxylic acids is 2. The van der Waals surface area contributed by atoms with Crippen molar-refractivity contribution in [3.05, 3.63) is 88.0 Å². The standard InChI is InChI=1S/C32H30N2O5S/c1-5-12-38-23-9-6-20(7-10-23)28-26(29(35)21-8-11-24-22(16-21)15-19(4)39-24)30(36)31(37)34(28)32-33-27-18(3)13-17(2)14-25(27)40-32/h6-11,13-14,16,19,28,35H,5,12,15H2,1-4H3/b29-26+/t19-,28-/m0/s1. The highest BCUT2D eigenvalue weighted by molar-refractivity contribution is 7.22. The van der Waals surface area contributed by atoms with Gasteiger partial charge in [0.2, 0.25) is 0 Å². The van der Waals surface area contributed by atoms with Gasteiger partial charge in [0.05, 0.1) is 28.4 Å². The number of aromatic nitrogens is 1. The summed E-state index contributed by atoms with van der Waals surface area (Å²) >= 11 is 1.36. The summed E-state index contributed by atoms with van der Waals surface area (Å²) in [6.45, 7) is 8.61. The highest BCUT2D eigenvalue weighted by Gasteiger charge is 2.48. The molecule has 8 heteroatoms. The van der Waals surface area contributed by atoms with Gasteiger partial charge in [0, 0.05) is 12.0 Å². The monoisotopic (exact) mass is 554 g/mol. The summed E-state index contributed by atoms with van der Waals surface area (Å²) in [6, 6.07) is 15.9. The summed E-state index contributed by atoms with van der Waals surface area (Å²) in [5, 5.41) is 12.0. The lowest BCUT2D eigenvalue weighted by Gasteiger charge is -2.23. The van der Waals surface area contributed by atoms with Crippen LogP contribution >= 0.6 is 11.3 Å². The van der Waals surface area contributed by atoms with Gasteiger partial charge in [-0.3, -0.25) is 14.5 Å². The average molecular weight is 555 g/mol. The number of thiazole rings is 1. The third-order valence-electron chi connectivity index (χ3n) is 7.31. The molecule has 0 aliphatic carbocycles. The first kappa shape index (κ1) is 26.1. The van der Waals surface area contributed by atoms with Gasteiger partial charge in [-0.15, -0.1) is 0 Å². The van der Waals surface area contributed by atoms with E-state index in [0.29, 0.717) is 35.0 Å². The third-order valence-corrected chi connectivity index (χ3v) is 8.31. The van der Waals surface area contributed by atoms with Gasteiger partial charge in [-0.25, -0.2) is 4.98 Å². The SMILES string of the molecule is CCCOc1ccc([C@H]2/C(=C(\O)c3ccc4c(c3)C[C@H](C)O4)C(=O)C(=O)N2c2nc3c(C)cc(C)cc3s2)cc1. The number of ketones is 1. The smallest absolute Gasteiger partial charge is 0.301 e. The van der Waals surface area contributed by atoms with E-state index in [9.17, 15) is 14.7 Å². The highest BCUT2D eigenvalue weighted by Crippen LogP contribution is 2.45. The maximum absolute atomic E-state index is 13.7. The minimum Gasteiger partial charge on any atom is -0.507 e. The Morgan fingerprint density at radius 3 is 2.65 bits per heavy atom. The number of carbonyl (C=O) groups is 2. The van der Waals surface area contributed by atoms with Crippen molar-refractivity contribution in [1.29, 1.82) is 0 Å². The number of fused-ring (bicyclic) bond motifs is 2. The van der Waals surface area contributed by atoms with Crippen molar-refractivity contribution in [1.82, 2.24) is 4.98 Å². The van der Waals surface area contributed by atoms with E-state index in [0.717, 1.165) is 39.1 Å². The molecule has 4 aromatic rings. The van der Waals surface area contributed by atoms with Gasteiger partial charge in [-0.1, -0.05) is 36.5 Å². The van der Waals surface area contributed by atoms with E-state index in [4.69, 9.17) is 14.5 Å². The van der Waals surface area contributed by atoms with Crippen molar-refractivity contribution in [2.45, 2.75) is 52.7 Å². The number of aryl methyl sites for hydroxylation is 2. The van der Waals surface area contributed by atoms with E-state index in [1.165, 1.54) is 16.2 Å². The van der Waals surface area contributed by atoms with Crippen molar-refractivity contribution in [2.75, 3.05) is 11.5 Å². The number of amides is 1. The van der Waals surface area contributed by atoms with E-state index in [1.807, 2.05) is 70.2 Å². The van der Waals surface area contributed by atoms with Crippen LogP contribution in [-0.2, 0) is 16.0 Å². The molecule has 3 aromatic carbocycles. The van der Waals surface area contributed by atoms with E-state index in [2.05, 4.69) is 0 Å². The highest BCUT2D eigenvalue weighted by atomic mass is 32.1. The molecule has 0 spiro atoms. The lowest BCUT2D eigenvalue weighted by Crippen LogP contribution is -2.29. The van der Waals surface area contributed by atoms with Crippen LogP contribution in [0.25, 0.3) is 16.0 Å². The van der Waals surface area contributed by atoms with Crippen molar-refractivity contribution in [2.24, 2.45) is 0 Å². The summed E-state index contributed by atoms with van der Waals surface area (Å²) in [5.41, 5.74) is 5.02. The zero-order valence-corrected chi connectivity index (χ0v) is 23.7. The number of ether oxygens (including phenoxy) is 2. The number of aliphatic hydroxyl groups is 1. The van der Waals surface area contributed by atoms with Gasteiger partial charge in [-0.05, 0) is 85.8 Å². The maximum atomic E-state index is 13.7. The van der Waals surface area contributed by atoms with Crippen LogP contribution < -0.4 is 14.4 Å². The second-order valence-corrected chi connectivity index (χ2v) is 11.5. The fourth-order valence-electron chi connectivity index (χ4n) is 5.50. The maximum Gasteiger partial charge on any atom is 0.301 e. The quantitative estimate of drug-likeness (QED) is 0.163. The van der Waals surface area contributed by atoms with Gasteiger partial charge < -0.3 is 14.6 Å². The fourth-order valence-corrected chi connectivity index (χ4v) is 6.67. The Morgan fingerprint density at radius 1 is 1.12 bits per heavy atom. The lowest BCUT2D eigenvalue weighted by molar-refractivity contribution is -0.132. The number of aliphatic hydroxyl groups excluding tert-OH is 1. The van der Waals surface area contributed by atoms with Crippen molar-refractivity contribution < 1.29 is 24.2 Å². The van der Waals surface area contributed by atoms with Gasteiger partial charge in [0.15, 0.2) is 5.13 Å². The second-order valence-electron chi connectivity index (χ2n) is 10.5. The molecule has 3 heterocycles. The molecule has 1 amide bonds. The number of anilines is 1. The first-order valence-electron chi connectivity index (χ1n) is 13.5. The molecule has 6 rings (SSSR count). The van der Waals surface area contributed by atoms with Gasteiger partial charge in [0.1, 0.15) is 23.4 Å². The zero-order valence-electron chi connectivity index (χ0n) is 22.9. The van der Waals surface area contributed by atoms with Gasteiger partial charge >= 0.3 is 5.91 Å². The first-order chi connectivity index (χ1) is 19.2. The molecule has 2 aliphatic rings. The number of nitrogens with zero attached hydrogens (tertiary/aromatic N) is 2. The Morgan fingerprint density at radius 2 is 1.90 bits per heavy atom.